The minimum atomic E-state index is -0.519. The number of ether oxygens (including phenoxy) is 2. The predicted octanol–water partition coefficient (Wildman–Crippen LogP) is 1.97. The molecule has 1 aliphatic rings. The van der Waals surface area contributed by atoms with E-state index in [4.69, 9.17) is 9.47 Å². The molecule has 0 aromatic heterocycles. The Morgan fingerprint density at radius 2 is 2.11 bits per heavy atom. The van der Waals surface area contributed by atoms with Crippen molar-refractivity contribution in [1.82, 2.24) is 4.90 Å². The van der Waals surface area contributed by atoms with Gasteiger partial charge in [0.2, 0.25) is 0 Å². The minimum Gasteiger partial charge on any atom is -0.462 e. The van der Waals surface area contributed by atoms with E-state index in [0.29, 0.717) is 26.0 Å². The van der Waals surface area contributed by atoms with E-state index in [1.165, 1.54) is 0 Å². The molecule has 0 unspecified atom stereocenters. The van der Waals surface area contributed by atoms with Crippen molar-refractivity contribution >= 4 is 12.6 Å². The number of carbonyl (C=O) groups is 2. The van der Waals surface area contributed by atoms with Crippen molar-refractivity contribution in [2.24, 2.45) is 5.92 Å². The van der Waals surface area contributed by atoms with Crippen LogP contribution in [0.4, 0.5) is 4.79 Å². The maximum atomic E-state index is 11.9. The number of hydrogen-bond acceptors (Lipinski definition) is 4. The molecule has 1 rings (SSSR count). The monoisotopic (exact) mass is 255 g/mol. The fourth-order valence-corrected chi connectivity index (χ4v) is 1.98. The molecule has 1 aliphatic heterocycles. The summed E-state index contributed by atoms with van der Waals surface area (Å²) in [5, 5.41) is 0. The summed E-state index contributed by atoms with van der Waals surface area (Å²) in [6.07, 6.45) is 1.84. The van der Waals surface area contributed by atoms with Crippen LogP contribution >= 0.6 is 0 Å². The highest BCUT2D eigenvalue weighted by atomic mass is 16.6. The van der Waals surface area contributed by atoms with Crippen molar-refractivity contribution in [2.45, 2.75) is 38.9 Å². The topological polar surface area (TPSA) is 55.8 Å². The van der Waals surface area contributed by atoms with Gasteiger partial charge in [0.05, 0.1) is 6.54 Å². The Morgan fingerprint density at radius 1 is 1.44 bits per heavy atom. The Hall–Kier alpha value is -1.52. The molecule has 5 heteroatoms. The van der Waals surface area contributed by atoms with E-state index in [9.17, 15) is 9.59 Å². The van der Waals surface area contributed by atoms with Gasteiger partial charge < -0.3 is 14.4 Å². The van der Waals surface area contributed by atoms with Gasteiger partial charge in [-0.3, -0.25) is 4.79 Å². The second-order valence-corrected chi connectivity index (χ2v) is 5.44. The van der Waals surface area contributed by atoms with Crippen molar-refractivity contribution in [1.29, 1.82) is 0 Å². The number of likely N-dealkylation sites (tertiary alicyclic amines) is 1. The van der Waals surface area contributed by atoms with E-state index >= 15 is 0 Å². The molecule has 0 saturated carbocycles. The maximum absolute atomic E-state index is 11.9. The molecule has 2 atom stereocenters. The summed E-state index contributed by atoms with van der Waals surface area (Å²) in [6, 6.07) is 0. The lowest BCUT2D eigenvalue weighted by Gasteiger charge is -2.24. The number of nitrogens with zero attached hydrogens (tertiary/aromatic N) is 1. The van der Waals surface area contributed by atoms with Crippen LogP contribution in [0.3, 0.4) is 0 Å². The summed E-state index contributed by atoms with van der Waals surface area (Å²) in [4.78, 5) is 23.9. The Balaban J connectivity index is 2.62. The highest BCUT2D eigenvalue weighted by Crippen LogP contribution is 2.24. The molecule has 1 saturated heterocycles. The van der Waals surface area contributed by atoms with Crippen LogP contribution in [0.2, 0.25) is 0 Å². The smallest absolute Gasteiger partial charge is 0.410 e. The van der Waals surface area contributed by atoms with Crippen LogP contribution in [0.25, 0.3) is 0 Å². The van der Waals surface area contributed by atoms with Gasteiger partial charge in [-0.15, -0.1) is 6.58 Å². The third kappa shape index (κ3) is 4.05. The normalized spacial score (nSPS) is 23.6. The molecule has 18 heavy (non-hydrogen) atoms. The van der Waals surface area contributed by atoms with Crippen molar-refractivity contribution in [3.8, 4) is 0 Å². The van der Waals surface area contributed by atoms with E-state index < -0.39 is 5.60 Å². The van der Waals surface area contributed by atoms with Crippen molar-refractivity contribution in [2.75, 3.05) is 13.1 Å². The van der Waals surface area contributed by atoms with Gasteiger partial charge in [-0.05, 0) is 27.2 Å². The Bertz CT molecular complexity index is 303. The molecule has 0 aliphatic carbocycles. The number of allylic oxidation sites excluding steroid dienone is 1. The van der Waals surface area contributed by atoms with Crippen LogP contribution < -0.4 is 0 Å². The first-order valence-electron chi connectivity index (χ1n) is 6.05. The molecule has 0 radical (unpaired) electrons. The molecular weight excluding hydrogens is 234 g/mol. The largest absolute Gasteiger partial charge is 0.462 e. The summed E-state index contributed by atoms with van der Waals surface area (Å²) in [5.74, 6) is 0.0974. The molecule has 0 spiro atoms. The van der Waals surface area contributed by atoms with Crippen LogP contribution in [0.5, 0.6) is 0 Å². The van der Waals surface area contributed by atoms with Crippen LogP contribution in [0.15, 0.2) is 12.7 Å². The zero-order chi connectivity index (χ0) is 13.8. The second-order valence-electron chi connectivity index (χ2n) is 5.44. The molecule has 1 fully saturated rings. The summed E-state index contributed by atoms with van der Waals surface area (Å²) < 4.78 is 10.3. The maximum Gasteiger partial charge on any atom is 0.410 e. The Kier molecular flexibility index (Phi) is 4.76. The average molecular weight is 255 g/mol. The summed E-state index contributed by atoms with van der Waals surface area (Å²) in [6.45, 7) is 10.5. The third-order valence-corrected chi connectivity index (χ3v) is 2.73. The van der Waals surface area contributed by atoms with E-state index in [2.05, 4.69) is 6.58 Å². The highest BCUT2D eigenvalue weighted by Gasteiger charge is 2.37. The zero-order valence-corrected chi connectivity index (χ0v) is 11.2. The summed E-state index contributed by atoms with van der Waals surface area (Å²) in [7, 11) is 0. The van der Waals surface area contributed by atoms with Crippen LogP contribution in [0.1, 0.15) is 27.2 Å². The lowest BCUT2D eigenvalue weighted by atomic mass is 10.0. The molecule has 0 bridgehead atoms. The number of hydrogen-bond donors (Lipinski definition) is 0. The quantitative estimate of drug-likeness (QED) is 0.569. The summed E-state index contributed by atoms with van der Waals surface area (Å²) >= 11 is 0. The first kappa shape index (κ1) is 14.5. The SMILES string of the molecule is C=CC[C@@H]1CN(C(=O)OC(C)(C)C)C[C@@H]1OC=O. The van der Waals surface area contributed by atoms with Gasteiger partial charge in [0, 0.05) is 12.5 Å². The standard InChI is InChI=1S/C13H21NO4/c1-5-6-10-7-14(8-11(10)17-9-15)12(16)18-13(2,3)4/h5,9-11H,1,6-8H2,2-4H3/t10-,11+/m1/s1. The van der Waals surface area contributed by atoms with Gasteiger partial charge in [0.15, 0.2) is 0 Å². The fraction of sp³-hybridized carbons (Fsp3) is 0.692. The van der Waals surface area contributed by atoms with Gasteiger partial charge >= 0.3 is 6.09 Å². The molecule has 0 N–H and O–H groups in total. The summed E-state index contributed by atoms with van der Waals surface area (Å²) in [5.41, 5.74) is -0.519. The van der Waals surface area contributed by atoms with Gasteiger partial charge in [0.1, 0.15) is 11.7 Å². The number of carbonyl (C=O) groups excluding carboxylic acids is 2. The third-order valence-electron chi connectivity index (χ3n) is 2.73. The molecule has 0 aromatic carbocycles. The minimum absolute atomic E-state index is 0.0974. The zero-order valence-electron chi connectivity index (χ0n) is 11.2. The number of amides is 1. The molecule has 0 aromatic rings. The Labute approximate surface area is 108 Å². The molecule has 5 nitrogen and oxygen atoms in total. The molecule has 1 amide bonds. The van der Waals surface area contributed by atoms with Gasteiger partial charge in [0.25, 0.3) is 6.47 Å². The van der Waals surface area contributed by atoms with Crippen molar-refractivity contribution < 1.29 is 19.1 Å². The number of rotatable bonds is 4. The first-order chi connectivity index (χ1) is 8.37. The molecule has 1 heterocycles. The lowest BCUT2D eigenvalue weighted by Crippen LogP contribution is -2.36. The first-order valence-corrected chi connectivity index (χ1v) is 6.05. The van der Waals surface area contributed by atoms with Crippen LogP contribution in [0, 0.1) is 5.92 Å². The van der Waals surface area contributed by atoms with Crippen molar-refractivity contribution in [3.63, 3.8) is 0 Å². The Morgan fingerprint density at radius 3 is 2.61 bits per heavy atom. The van der Waals surface area contributed by atoms with Crippen molar-refractivity contribution in [3.05, 3.63) is 12.7 Å². The van der Waals surface area contributed by atoms with Gasteiger partial charge in [-0.2, -0.15) is 0 Å². The average Bonchev–Trinajstić information content (AvgIpc) is 2.61. The fourth-order valence-electron chi connectivity index (χ4n) is 1.98. The van der Waals surface area contributed by atoms with E-state index in [1.807, 2.05) is 20.8 Å². The van der Waals surface area contributed by atoms with E-state index in [-0.39, 0.29) is 18.1 Å². The highest BCUT2D eigenvalue weighted by molar-refractivity contribution is 5.68. The second kappa shape index (κ2) is 5.89. The molecular formula is C13H21NO4. The van der Waals surface area contributed by atoms with E-state index in [0.717, 1.165) is 0 Å². The molecule has 102 valence electrons. The van der Waals surface area contributed by atoms with Gasteiger partial charge in [-0.1, -0.05) is 6.08 Å². The predicted molar refractivity (Wildman–Crippen MR) is 67.0 cm³/mol. The van der Waals surface area contributed by atoms with E-state index in [1.54, 1.807) is 11.0 Å². The van der Waals surface area contributed by atoms with Crippen LogP contribution in [-0.4, -0.2) is 42.3 Å². The van der Waals surface area contributed by atoms with Crippen LogP contribution in [-0.2, 0) is 14.3 Å². The van der Waals surface area contributed by atoms with Gasteiger partial charge in [-0.25, -0.2) is 4.79 Å². The lowest BCUT2D eigenvalue weighted by molar-refractivity contribution is -0.134.